The lowest BCUT2D eigenvalue weighted by atomic mass is 10.3. The molecule has 0 radical (unpaired) electrons. The van der Waals surface area contributed by atoms with Crippen molar-refractivity contribution in [2.45, 2.75) is 24.5 Å². The van der Waals surface area contributed by atoms with Crippen molar-refractivity contribution in [1.29, 1.82) is 0 Å². The van der Waals surface area contributed by atoms with E-state index in [0.717, 1.165) is 36.1 Å². The van der Waals surface area contributed by atoms with Crippen molar-refractivity contribution in [3.05, 3.63) is 18.2 Å². The molecule has 0 saturated heterocycles. The number of thioether (sulfide) groups is 1. The number of aromatic nitrogens is 1. The number of aliphatic hydroxyl groups is 1. The summed E-state index contributed by atoms with van der Waals surface area (Å²) in [5.41, 5.74) is 7.96. The molecule has 0 bridgehead atoms. The minimum absolute atomic E-state index is 0.271. The summed E-state index contributed by atoms with van der Waals surface area (Å²) in [7, 11) is 0. The number of hydrogen-bond donors (Lipinski definition) is 2. The number of hydrogen-bond acceptors (Lipinski definition) is 5. The average Bonchev–Trinajstić information content (AvgIpc) is 2.70. The monoisotopic (exact) mass is 252 g/mol. The Kier molecular flexibility index (Phi) is 4.28. The normalized spacial score (nSPS) is 11.1. The van der Waals surface area contributed by atoms with Gasteiger partial charge in [0.15, 0.2) is 5.58 Å². The standard InChI is InChI=1S/C12H16N2O2S/c13-9-4-5-11-10(8-9)14-12(16-11)17-7-3-1-2-6-15/h4-5,8,15H,1-3,6-7,13H2. The lowest BCUT2D eigenvalue weighted by molar-refractivity contribution is 0.284. The van der Waals surface area contributed by atoms with Gasteiger partial charge in [0.05, 0.1) is 0 Å². The molecule has 17 heavy (non-hydrogen) atoms. The predicted molar refractivity (Wildman–Crippen MR) is 70.1 cm³/mol. The molecule has 0 saturated carbocycles. The highest BCUT2D eigenvalue weighted by molar-refractivity contribution is 7.99. The molecule has 0 aliphatic rings. The Bertz CT molecular complexity index is 484. The first kappa shape index (κ1) is 12.3. The van der Waals surface area contributed by atoms with Gasteiger partial charge in [-0.2, -0.15) is 0 Å². The maximum atomic E-state index is 8.65. The number of nitrogens with two attached hydrogens (primary N) is 1. The highest BCUT2D eigenvalue weighted by Gasteiger charge is 2.05. The fourth-order valence-corrected chi connectivity index (χ4v) is 2.37. The number of oxazole rings is 1. The molecule has 0 aliphatic carbocycles. The van der Waals surface area contributed by atoms with Crippen molar-refractivity contribution in [3.8, 4) is 0 Å². The Labute approximate surface area is 104 Å². The van der Waals surface area contributed by atoms with E-state index in [4.69, 9.17) is 15.3 Å². The molecular weight excluding hydrogens is 236 g/mol. The smallest absolute Gasteiger partial charge is 0.256 e. The first-order valence-corrected chi connectivity index (χ1v) is 6.68. The second kappa shape index (κ2) is 5.93. The summed E-state index contributed by atoms with van der Waals surface area (Å²) in [4.78, 5) is 4.36. The van der Waals surface area contributed by atoms with E-state index in [1.807, 2.05) is 18.2 Å². The summed E-state index contributed by atoms with van der Waals surface area (Å²) in [6, 6.07) is 5.46. The van der Waals surface area contributed by atoms with Crippen molar-refractivity contribution < 1.29 is 9.52 Å². The second-order valence-electron chi connectivity index (χ2n) is 3.84. The van der Waals surface area contributed by atoms with Gasteiger partial charge < -0.3 is 15.3 Å². The molecule has 4 nitrogen and oxygen atoms in total. The lowest BCUT2D eigenvalue weighted by Gasteiger charge is -1.95. The van der Waals surface area contributed by atoms with Crippen molar-refractivity contribution in [2.75, 3.05) is 18.1 Å². The van der Waals surface area contributed by atoms with Gasteiger partial charge in [0.1, 0.15) is 5.52 Å². The Morgan fingerprint density at radius 2 is 2.18 bits per heavy atom. The van der Waals surface area contributed by atoms with Crippen molar-refractivity contribution in [3.63, 3.8) is 0 Å². The zero-order valence-corrected chi connectivity index (χ0v) is 10.4. The molecule has 2 rings (SSSR count). The van der Waals surface area contributed by atoms with Crippen LogP contribution in [0.5, 0.6) is 0 Å². The van der Waals surface area contributed by atoms with Gasteiger partial charge in [0.25, 0.3) is 5.22 Å². The zero-order valence-electron chi connectivity index (χ0n) is 9.56. The molecule has 1 aromatic carbocycles. The van der Waals surface area contributed by atoms with E-state index in [9.17, 15) is 0 Å². The summed E-state index contributed by atoms with van der Waals surface area (Å²) in [6.07, 6.45) is 2.97. The van der Waals surface area contributed by atoms with Gasteiger partial charge in [-0.3, -0.25) is 0 Å². The van der Waals surface area contributed by atoms with Crippen LogP contribution in [0, 0.1) is 0 Å². The topological polar surface area (TPSA) is 72.3 Å². The third-order valence-corrected chi connectivity index (χ3v) is 3.33. The molecule has 0 amide bonds. The van der Waals surface area contributed by atoms with E-state index in [1.165, 1.54) is 0 Å². The molecule has 92 valence electrons. The average molecular weight is 252 g/mol. The molecule has 5 heteroatoms. The maximum absolute atomic E-state index is 8.65. The molecule has 0 atom stereocenters. The van der Waals surface area contributed by atoms with Crippen LogP contribution in [0.3, 0.4) is 0 Å². The highest BCUT2D eigenvalue weighted by atomic mass is 32.2. The van der Waals surface area contributed by atoms with Crippen LogP contribution in [-0.4, -0.2) is 22.5 Å². The second-order valence-corrected chi connectivity index (χ2v) is 4.89. The van der Waals surface area contributed by atoms with Crippen LogP contribution in [0.1, 0.15) is 19.3 Å². The number of benzene rings is 1. The fraction of sp³-hybridized carbons (Fsp3) is 0.417. The van der Waals surface area contributed by atoms with Gasteiger partial charge in [-0.15, -0.1) is 0 Å². The van der Waals surface area contributed by atoms with Crippen LogP contribution < -0.4 is 5.73 Å². The predicted octanol–water partition coefficient (Wildman–Crippen LogP) is 2.66. The molecule has 2 aromatic rings. The van der Waals surface area contributed by atoms with Gasteiger partial charge in [-0.25, -0.2) is 4.98 Å². The number of fused-ring (bicyclic) bond motifs is 1. The third-order valence-electron chi connectivity index (χ3n) is 2.42. The minimum atomic E-state index is 0.271. The van der Waals surface area contributed by atoms with E-state index >= 15 is 0 Å². The van der Waals surface area contributed by atoms with E-state index in [2.05, 4.69) is 4.98 Å². The molecular formula is C12H16N2O2S. The van der Waals surface area contributed by atoms with Crippen LogP contribution in [0.25, 0.3) is 11.1 Å². The first-order chi connectivity index (χ1) is 8.29. The number of unbranched alkanes of at least 4 members (excludes halogenated alkanes) is 2. The largest absolute Gasteiger partial charge is 0.431 e. The summed E-state index contributed by atoms with van der Waals surface area (Å²) in [5.74, 6) is 0.961. The Morgan fingerprint density at radius 1 is 1.29 bits per heavy atom. The SMILES string of the molecule is Nc1ccc2oc(SCCCCCO)nc2c1. The minimum Gasteiger partial charge on any atom is -0.431 e. The van der Waals surface area contributed by atoms with Gasteiger partial charge in [-0.1, -0.05) is 18.2 Å². The van der Waals surface area contributed by atoms with Crippen molar-refractivity contribution in [1.82, 2.24) is 4.98 Å². The molecule has 0 fully saturated rings. The van der Waals surface area contributed by atoms with Gasteiger partial charge in [0, 0.05) is 18.0 Å². The van der Waals surface area contributed by atoms with Crippen LogP contribution in [0.15, 0.2) is 27.8 Å². The molecule has 0 spiro atoms. The van der Waals surface area contributed by atoms with Gasteiger partial charge in [0.2, 0.25) is 0 Å². The summed E-state index contributed by atoms with van der Waals surface area (Å²) >= 11 is 1.60. The van der Waals surface area contributed by atoms with Crippen LogP contribution in [0.4, 0.5) is 5.69 Å². The van der Waals surface area contributed by atoms with Crippen molar-refractivity contribution in [2.24, 2.45) is 0 Å². The Hall–Kier alpha value is -1.20. The van der Waals surface area contributed by atoms with Crippen LogP contribution in [0.2, 0.25) is 0 Å². The number of nitrogen functional groups attached to an aromatic ring is 1. The Morgan fingerprint density at radius 3 is 3.00 bits per heavy atom. The third kappa shape index (κ3) is 3.38. The number of anilines is 1. The summed E-state index contributed by atoms with van der Waals surface area (Å²) in [6.45, 7) is 0.271. The summed E-state index contributed by atoms with van der Waals surface area (Å²) in [5, 5.41) is 9.34. The van der Waals surface area contributed by atoms with Gasteiger partial charge in [-0.05, 0) is 31.0 Å². The summed E-state index contributed by atoms with van der Waals surface area (Å²) < 4.78 is 5.58. The van der Waals surface area contributed by atoms with Crippen LogP contribution >= 0.6 is 11.8 Å². The number of nitrogens with zero attached hydrogens (tertiary/aromatic N) is 1. The lowest BCUT2D eigenvalue weighted by Crippen LogP contribution is -1.85. The van der Waals surface area contributed by atoms with E-state index in [-0.39, 0.29) is 6.61 Å². The zero-order chi connectivity index (χ0) is 12.1. The van der Waals surface area contributed by atoms with E-state index in [1.54, 1.807) is 11.8 Å². The van der Waals surface area contributed by atoms with E-state index < -0.39 is 0 Å². The fourth-order valence-electron chi connectivity index (χ4n) is 1.54. The first-order valence-electron chi connectivity index (χ1n) is 5.69. The van der Waals surface area contributed by atoms with Crippen molar-refractivity contribution >= 4 is 28.5 Å². The Balaban J connectivity index is 1.91. The number of rotatable bonds is 6. The molecule has 3 N–H and O–H groups in total. The maximum Gasteiger partial charge on any atom is 0.256 e. The van der Waals surface area contributed by atoms with Crippen LogP contribution in [-0.2, 0) is 0 Å². The number of aliphatic hydroxyl groups excluding tert-OH is 1. The molecule has 1 aromatic heterocycles. The molecule has 1 heterocycles. The van der Waals surface area contributed by atoms with E-state index in [0.29, 0.717) is 10.9 Å². The molecule has 0 unspecified atom stereocenters. The quantitative estimate of drug-likeness (QED) is 0.470. The van der Waals surface area contributed by atoms with Gasteiger partial charge >= 0.3 is 0 Å². The highest BCUT2D eigenvalue weighted by Crippen LogP contribution is 2.25. The molecule has 0 aliphatic heterocycles.